The summed E-state index contributed by atoms with van der Waals surface area (Å²) in [6.07, 6.45) is 2.13. The first-order chi connectivity index (χ1) is 22.1. The second-order valence-electron chi connectivity index (χ2n) is 11.5. The number of ether oxygens (including phenoxy) is 2. The van der Waals surface area contributed by atoms with Crippen molar-refractivity contribution in [2.75, 3.05) is 39.2 Å². The van der Waals surface area contributed by atoms with Gasteiger partial charge in [-0.15, -0.1) is 0 Å². The number of hydrogen-bond donors (Lipinski definition) is 1. The Balaban J connectivity index is 1.70. The normalized spacial score (nSPS) is 21.4. The Morgan fingerprint density at radius 3 is 2.48 bits per heavy atom. The van der Waals surface area contributed by atoms with Crippen LogP contribution in [0.5, 0.6) is 11.5 Å². The van der Waals surface area contributed by atoms with Crippen LogP contribution in [0.1, 0.15) is 40.6 Å². The van der Waals surface area contributed by atoms with E-state index in [0.717, 1.165) is 9.87 Å². The van der Waals surface area contributed by atoms with Crippen molar-refractivity contribution >= 4 is 21.6 Å². The van der Waals surface area contributed by atoms with E-state index in [-0.39, 0.29) is 40.6 Å². The molecule has 46 heavy (non-hydrogen) atoms. The van der Waals surface area contributed by atoms with E-state index in [1.165, 1.54) is 69.1 Å². The standard InChI is InChI=1S/C33H33N5O7S/c1-36(2)19-22-6-12-30(44-4)27(16-22)33(37-20-23(39)17-29(37)31-35-13-14-45-31)26-15-21(18-34)5-11-28(26)38(32(33)40)46(41,42)25-9-7-24(43-3)8-10-25/h5-16,23,29,39H,17,19-20H2,1-4H3/t23-,29+,33?/m1/s1. The van der Waals surface area contributed by atoms with E-state index in [4.69, 9.17) is 13.9 Å². The van der Waals surface area contributed by atoms with E-state index in [9.17, 15) is 18.8 Å². The lowest BCUT2D eigenvalue weighted by atomic mass is 9.79. The third kappa shape index (κ3) is 4.90. The smallest absolute Gasteiger partial charge is 0.271 e. The largest absolute Gasteiger partial charge is 0.497 e. The van der Waals surface area contributed by atoms with Crippen molar-refractivity contribution in [2.24, 2.45) is 0 Å². The first-order valence-corrected chi connectivity index (χ1v) is 15.9. The summed E-state index contributed by atoms with van der Waals surface area (Å²) < 4.78 is 46.6. The molecule has 1 N–H and O–H groups in total. The van der Waals surface area contributed by atoms with Crippen LogP contribution in [0.4, 0.5) is 5.69 Å². The van der Waals surface area contributed by atoms with E-state index in [1.807, 2.05) is 31.1 Å². The van der Waals surface area contributed by atoms with Gasteiger partial charge in [0.25, 0.3) is 15.9 Å². The van der Waals surface area contributed by atoms with Crippen LogP contribution in [-0.2, 0) is 26.9 Å². The molecule has 0 saturated carbocycles. The molecule has 0 aliphatic carbocycles. The summed E-state index contributed by atoms with van der Waals surface area (Å²) in [6.45, 7) is 0.471. The number of benzene rings is 3. The fraction of sp³-hybridized carbons (Fsp3) is 0.303. The van der Waals surface area contributed by atoms with Gasteiger partial charge in [0.05, 0.1) is 54.8 Å². The minimum absolute atomic E-state index is 0.0352. The topological polar surface area (TPSA) is 149 Å². The lowest BCUT2D eigenvalue weighted by molar-refractivity contribution is -0.127. The molecule has 2 aliphatic rings. The average Bonchev–Trinajstić information content (AvgIpc) is 3.77. The Bertz CT molecular complexity index is 1920. The molecule has 0 bridgehead atoms. The number of hydrogen-bond acceptors (Lipinski definition) is 11. The molecule has 238 valence electrons. The predicted molar refractivity (Wildman–Crippen MR) is 167 cm³/mol. The number of nitrogens with zero attached hydrogens (tertiary/aromatic N) is 5. The highest BCUT2D eigenvalue weighted by atomic mass is 32.2. The number of oxazole rings is 1. The van der Waals surface area contributed by atoms with Crippen molar-refractivity contribution in [3.05, 3.63) is 101 Å². The number of likely N-dealkylation sites (tertiary alicyclic amines) is 1. The average molecular weight is 644 g/mol. The summed E-state index contributed by atoms with van der Waals surface area (Å²) in [5.41, 5.74) is -0.169. The first kappa shape index (κ1) is 31.3. The number of carbonyl (C=O) groups is 1. The van der Waals surface area contributed by atoms with Crippen LogP contribution in [0, 0.1) is 11.3 Å². The highest BCUT2D eigenvalue weighted by Crippen LogP contribution is 2.56. The fourth-order valence-electron chi connectivity index (χ4n) is 6.55. The highest BCUT2D eigenvalue weighted by molar-refractivity contribution is 7.93. The number of methoxy groups -OCH3 is 2. The Morgan fingerprint density at radius 2 is 1.85 bits per heavy atom. The number of amides is 1. The summed E-state index contributed by atoms with van der Waals surface area (Å²) in [5.74, 6) is 0.198. The van der Waals surface area contributed by atoms with Crippen LogP contribution in [0.3, 0.4) is 0 Å². The molecule has 2 aliphatic heterocycles. The van der Waals surface area contributed by atoms with Gasteiger partial charge in [0.1, 0.15) is 17.8 Å². The van der Waals surface area contributed by atoms with E-state index < -0.39 is 33.6 Å². The van der Waals surface area contributed by atoms with Crippen molar-refractivity contribution < 1.29 is 32.2 Å². The Morgan fingerprint density at radius 1 is 1.09 bits per heavy atom. The molecule has 0 radical (unpaired) electrons. The molecule has 12 nitrogen and oxygen atoms in total. The van der Waals surface area contributed by atoms with Gasteiger partial charge in [0.15, 0.2) is 5.54 Å². The third-order valence-corrected chi connectivity index (χ3v) is 10.1. The summed E-state index contributed by atoms with van der Waals surface area (Å²) in [5, 5.41) is 21.1. The number of fused-ring (bicyclic) bond motifs is 1. The number of aromatic nitrogens is 1. The molecular formula is C33H33N5O7S. The summed E-state index contributed by atoms with van der Waals surface area (Å²) in [7, 11) is 2.24. The van der Waals surface area contributed by atoms with Crippen molar-refractivity contribution in [3.8, 4) is 17.6 Å². The van der Waals surface area contributed by atoms with Crippen molar-refractivity contribution in [1.82, 2.24) is 14.8 Å². The molecule has 1 fully saturated rings. The van der Waals surface area contributed by atoms with Crippen molar-refractivity contribution in [3.63, 3.8) is 0 Å². The van der Waals surface area contributed by atoms with E-state index >= 15 is 4.79 Å². The number of anilines is 1. The molecule has 6 rings (SSSR count). The van der Waals surface area contributed by atoms with Crippen LogP contribution >= 0.6 is 0 Å². The SMILES string of the molecule is COc1ccc(S(=O)(=O)N2C(=O)C(c3cc(CN(C)C)ccc3OC)(N3C[C@H](O)C[C@H]3c3ncco3)c3cc(C#N)ccc32)cc1. The minimum Gasteiger partial charge on any atom is -0.497 e. The van der Waals surface area contributed by atoms with Crippen molar-refractivity contribution in [1.29, 1.82) is 5.26 Å². The van der Waals surface area contributed by atoms with Gasteiger partial charge in [-0.2, -0.15) is 5.26 Å². The maximum atomic E-state index is 15.4. The molecule has 4 aromatic rings. The maximum Gasteiger partial charge on any atom is 0.271 e. The number of aliphatic hydroxyl groups is 1. The number of β-amino-alcohol motifs (C(OH)–C–C–N with tert-alkyl or cyclic N) is 1. The highest BCUT2D eigenvalue weighted by Gasteiger charge is 2.63. The zero-order valence-corrected chi connectivity index (χ0v) is 26.6. The minimum atomic E-state index is -4.52. The van der Waals surface area contributed by atoms with Gasteiger partial charge in [-0.25, -0.2) is 17.7 Å². The molecule has 0 spiro atoms. The molecule has 1 amide bonds. The second kappa shape index (κ2) is 11.9. The maximum absolute atomic E-state index is 15.4. The summed E-state index contributed by atoms with van der Waals surface area (Å²) >= 11 is 0. The monoisotopic (exact) mass is 643 g/mol. The van der Waals surface area contributed by atoms with E-state index in [0.29, 0.717) is 23.6 Å². The van der Waals surface area contributed by atoms with Gasteiger partial charge in [0.2, 0.25) is 5.89 Å². The predicted octanol–water partition coefficient (Wildman–Crippen LogP) is 3.41. The molecule has 1 aromatic heterocycles. The Hall–Kier alpha value is -4.74. The summed E-state index contributed by atoms with van der Waals surface area (Å²) in [4.78, 5) is 23.4. The summed E-state index contributed by atoms with van der Waals surface area (Å²) in [6, 6.07) is 17.1. The van der Waals surface area contributed by atoms with Crippen LogP contribution in [-0.4, -0.2) is 75.2 Å². The van der Waals surface area contributed by atoms with Crippen LogP contribution in [0.2, 0.25) is 0 Å². The number of rotatable bonds is 9. The van der Waals surface area contributed by atoms with Crippen molar-refractivity contribution in [2.45, 2.75) is 35.5 Å². The second-order valence-corrected chi connectivity index (χ2v) is 13.3. The molecule has 1 unspecified atom stereocenters. The molecule has 3 heterocycles. The van der Waals surface area contributed by atoms with E-state index in [1.54, 1.807) is 11.0 Å². The van der Waals surface area contributed by atoms with Gasteiger partial charge >= 0.3 is 0 Å². The zero-order valence-electron chi connectivity index (χ0n) is 25.7. The Labute approximate surface area is 267 Å². The van der Waals surface area contributed by atoms with Gasteiger partial charge in [-0.3, -0.25) is 9.69 Å². The fourth-order valence-corrected chi connectivity index (χ4v) is 8.01. The molecule has 13 heteroatoms. The van der Waals surface area contributed by atoms with Crippen LogP contribution < -0.4 is 13.8 Å². The Kier molecular flexibility index (Phi) is 8.07. The number of sulfonamides is 1. The van der Waals surface area contributed by atoms with Gasteiger partial charge < -0.3 is 23.9 Å². The van der Waals surface area contributed by atoms with E-state index in [2.05, 4.69) is 11.1 Å². The third-order valence-electron chi connectivity index (χ3n) is 8.42. The molecule has 3 aromatic carbocycles. The number of nitriles is 1. The van der Waals surface area contributed by atoms with Crippen LogP contribution in [0.25, 0.3) is 0 Å². The molecule has 3 atom stereocenters. The molecule has 1 saturated heterocycles. The zero-order chi connectivity index (χ0) is 32.8. The number of carbonyl (C=O) groups excluding carboxylic acids is 1. The quantitative estimate of drug-likeness (QED) is 0.286. The molecular weight excluding hydrogens is 610 g/mol. The lowest BCUT2D eigenvalue weighted by Gasteiger charge is -2.41. The van der Waals surface area contributed by atoms with Gasteiger partial charge in [-0.1, -0.05) is 6.07 Å². The van der Waals surface area contributed by atoms with Crippen LogP contribution in [0.15, 0.2) is 82.4 Å². The van der Waals surface area contributed by atoms with Gasteiger partial charge in [-0.05, 0) is 80.7 Å². The first-order valence-electron chi connectivity index (χ1n) is 14.5. The van der Waals surface area contributed by atoms with Gasteiger partial charge in [0, 0.05) is 24.2 Å². The lowest BCUT2D eigenvalue weighted by Crippen LogP contribution is -2.55. The number of aliphatic hydroxyl groups excluding tert-OH is 1.